The van der Waals surface area contributed by atoms with Gasteiger partial charge in [0.05, 0.1) is 22.3 Å². The summed E-state index contributed by atoms with van der Waals surface area (Å²) in [6, 6.07) is 8.34. The molecule has 0 saturated carbocycles. The van der Waals surface area contributed by atoms with Crippen molar-refractivity contribution in [3.8, 4) is 0 Å². The van der Waals surface area contributed by atoms with Crippen molar-refractivity contribution < 1.29 is 0 Å². The van der Waals surface area contributed by atoms with Gasteiger partial charge < -0.3 is 10.2 Å². The third kappa shape index (κ3) is 4.46. The molecule has 0 unspecified atom stereocenters. The van der Waals surface area contributed by atoms with Crippen molar-refractivity contribution >= 4 is 40.0 Å². The lowest BCUT2D eigenvalue weighted by molar-refractivity contribution is 0.391. The summed E-state index contributed by atoms with van der Waals surface area (Å²) in [5, 5.41) is 10.6. The summed E-state index contributed by atoms with van der Waals surface area (Å²) >= 11 is 0. The van der Waals surface area contributed by atoms with Crippen LogP contribution in [0, 0.1) is 6.92 Å². The third-order valence-electron chi connectivity index (χ3n) is 4.68. The number of para-hydroxylation sites is 1. The fourth-order valence-corrected chi connectivity index (χ4v) is 3.40. The van der Waals surface area contributed by atoms with Crippen LogP contribution < -0.4 is 5.32 Å². The molecule has 6 heteroatoms. The molecule has 0 saturated heterocycles. The number of anilines is 1. The van der Waals surface area contributed by atoms with E-state index in [9.17, 15) is 0 Å². The number of aromatic nitrogens is 3. The van der Waals surface area contributed by atoms with Crippen molar-refractivity contribution in [2.45, 2.75) is 32.6 Å². The zero-order valence-corrected chi connectivity index (χ0v) is 17.1. The number of rotatable bonds is 8. The standard InChI is InChI=1S/C20H29N5.ClH/c1-15-18-19(21-13-9-5-6-10-14-24(2)3)16-11-7-8-12-17(16)22-20(18)25(4)23-15;/h7-8,11-12H,5-6,9-10,13-14H2,1-4H3,(H,21,22);1H. The van der Waals surface area contributed by atoms with Crippen LogP contribution in [0.3, 0.4) is 0 Å². The van der Waals surface area contributed by atoms with E-state index in [0.29, 0.717) is 0 Å². The van der Waals surface area contributed by atoms with Crippen molar-refractivity contribution in [1.82, 2.24) is 19.7 Å². The number of unbranched alkanes of at least 4 members (excludes halogenated alkanes) is 3. The van der Waals surface area contributed by atoms with Gasteiger partial charge in [-0.1, -0.05) is 31.0 Å². The molecule has 0 bridgehead atoms. The largest absolute Gasteiger partial charge is 0.384 e. The van der Waals surface area contributed by atoms with Gasteiger partial charge in [-0.05, 0) is 46.5 Å². The lowest BCUT2D eigenvalue weighted by Crippen LogP contribution is -2.12. The molecule has 0 fully saturated rings. The Morgan fingerprint density at radius 1 is 1.08 bits per heavy atom. The molecule has 0 aliphatic rings. The first-order valence-corrected chi connectivity index (χ1v) is 9.18. The molecule has 0 spiro atoms. The Labute approximate surface area is 162 Å². The van der Waals surface area contributed by atoms with Crippen LogP contribution >= 0.6 is 12.4 Å². The topological polar surface area (TPSA) is 46.0 Å². The van der Waals surface area contributed by atoms with Crippen LogP contribution in [0.25, 0.3) is 21.9 Å². The molecule has 142 valence electrons. The van der Waals surface area contributed by atoms with E-state index in [1.165, 1.54) is 43.3 Å². The Balaban J connectivity index is 0.00000243. The number of nitrogens with zero attached hydrogens (tertiary/aromatic N) is 4. The number of halogens is 1. The molecule has 0 radical (unpaired) electrons. The number of pyridine rings is 1. The van der Waals surface area contributed by atoms with Crippen molar-refractivity contribution in [1.29, 1.82) is 0 Å². The third-order valence-corrected chi connectivity index (χ3v) is 4.68. The maximum absolute atomic E-state index is 4.80. The van der Waals surface area contributed by atoms with Crippen molar-refractivity contribution in [3.05, 3.63) is 30.0 Å². The minimum absolute atomic E-state index is 0. The molecule has 0 aliphatic carbocycles. The molecular formula is C20H30ClN5. The number of nitrogens with one attached hydrogen (secondary N) is 1. The van der Waals surface area contributed by atoms with Gasteiger partial charge in [-0.2, -0.15) is 5.10 Å². The lowest BCUT2D eigenvalue weighted by Gasteiger charge is -2.12. The Hall–Kier alpha value is -1.85. The van der Waals surface area contributed by atoms with Gasteiger partial charge in [-0.15, -0.1) is 12.4 Å². The number of benzene rings is 1. The summed E-state index contributed by atoms with van der Waals surface area (Å²) < 4.78 is 1.88. The van der Waals surface area contributed by atoms with Gasteiger partial charge in [0.1, 0.15) is 0 Å². The summed E-state index contributed by atoms with van der Waals surface area (Å²) in [6.45, 7) is 4.22. The highest BCUT2D eigenvalue weighted by molar-refractivity contribution is 6.07. The van der Waals surface area contributed by atoms with E-state index >= 15 is 0 Å². The van der Waals surface area contributed by atoms with Gasteiger partial charge >= 0.3 is 0 Å². The highest BCUT2D eigenvalue weighted by Crippen LogP contribution is 2.32. The van der Waals surface area contributed by atoms with E-state index in [2.05, 4.69) is 54.5 Å². The molecule has 2 heterocycles. The number of hydrogen-bond acceptors (Lipinski definition) is 4. The van der Waals surface area contributed by atoms with Crippen LogP contribution in [0.2, 0.25) is 0 Å². The first-order valence-electron chi connectivity index (χ1n) is 9.18. The molecule has 1 aromatic carbocycles. The SMILES string of the molecule is Cc1nn(C)c2nc3ccccc3c(NCCCCCCN(C)C)c12.Cl. The molecule has 1 N–H and O–H groups in total. The minimum Gasteiger partial charge on any atom is -0.384 e. The second kappa shape index (κ2) is 9.19. The Morgan fingerprint density at radius 3 is 2.58 bits per heavy atom. The van der Waals surface area contributed by atoms with E-state index in [1.807, 2.05) is 17.8 Å². The van der Waals surface area contributed by atoms with E-state index in [4.69, 9.17) is 4.98 Å². The Bertz CT molecular complexity index is 856. The van der Waals surface area contributed by atoms with Crippen LogP contribution in [-0.2, 0) is 7.05 Å². The van der Waals surface area contributed by atoms with E-state index in [-0.39, 0.29) is 12.4 Å². The Morgan fingerprint density at radius 2 is 1.81 bits per heavy atom. The second-order valence-corrected chi connectivity index (χ2v) is 7.06. The van der Waals surface area contributed by atoms with E-state index in [0.717, 1.165) is 28.8 Å². The molecule has 26 heavy (non-hydrogen) atoms. The summed E-state index contributed by atoms with van der Waals surface area (Å²) in [5.74, 6) is 0. The summed E-state index contributed by atoms with van der Waals surface area (Å²) in [5.41, 5.74) is 4.18. The lowest BCUT2D eigenvalue weighted by atomic mass is 10.1. The van der Waals surface area contributed by atoms with Crippen molar-refractivity contribution in [2.75, 3.05) is 32.5 Å². The molecule has 3 rings (SSSR count). The monoisotopic (exact) mass is 375 g/mol. The maximum Gasteiger partial charge on any atom is 0.160 e. The van der Waals surface area contributed by atoms with Gasteiger partial charge in [0.15, 0.2) is 5.65 Å². The molecule has 0 aliphatic heterocycles. The van der Waals surface area contributed by atoms with Crippen LogP contribution in [0.4, 0.5) is 5.69 Å². The average molecular weight is 376 g/mol. The first kappa shape index (κ1) is 20.5. The average Bonchev–Trinajstić information content (AvgIpc) is 2.87. The molecule has 3 aromatic rings. The zero-order valence-electron chi connectivity index (χ0n) is 16.2. The molecular weight excluding hydrogens is 346 g/mol. The minimum atomic E-state index is 0. The highest BCUT2D eigenvalue weighted by Gasteiger charge is 2.14. The van der Waals surface area contributed by atoms with E-state index in [1.54, 1.807) is 0 Å². The van der Waals surface area contributed by atoms with Crippen LogP contribution in [0.15, 0.2) is 24.3 Å². The number of aryl methyl sites for hydroxylation is 2. The van der Waals surface area contributed by atoms with Crippen molar-refractivity contribution in [2.24, 2.45) is 7.05 Å². The fraction of sp³-hybridized carbons (Fsp3) is 0.500. The molecule has 5 nitrogen and oxygen atoms in total. The van der Waals surface area contributed by atoms with Gasteiger partial charge in [0, 0.05) is 19.0 Å². The van der Waals surface area contributed by atoms with Crippen LogP contribution in [-0.4, -0.2) is 46.8 Å². The van der Waals surface area contributed by atoms with Gasteiger partial charge in [0.2, 0.25) is 0 Å². The van der Waals surface area contributed by atoms with Crippen LogP contribution in [0.1, 0.15) is 31.4 Å². The molecule has 2 aromatic heterocycles. The quantitative estimate of drug-likeness (QED) is 0.593. The molecule has 0 amide bonds. The Kier molecular flexibility index (Phi) is 7.23. The van der Waals surface area contributed by atoms with Gasteiger partial charge in [0.25, 0.3) is 0 Å². The van der Waals surface area contributed by atoms with Crippen LogP contribution in [0.5, 0.6) is 0 Å². The smallest absolute Gasteiger partial charge is 0.160 e. The van der Waals surface area contributed by atoms with Gasteiger partial charge in [-0.25, -0.2) is 4.98 Å². The maximum atomic E-state index is 4.80. The first-order chi connectivity index (χ1) is 12.1. The molecule has 0 atom stereocenters. The van der Waals surface area contributed by atoms with Gasteiger partial charge in [-0.3, -0.25) is 4.68 Å². The summed E-state index contributed by atoms with van der Waals surface area (Å²) in [7, 11) is 6.24. The zero-order chi connectivity index (χ0) is 17.8. The van der Waals surface area contributed by atoms with E-state index < -0.39 is 0 Å². The number of fused-ring (bicyclic) bond motifs is 2. The van der Waals surface area contributed by atoms with Crippen molar-refractivity contribution in [3.63, 3.8) is 0 Å². The summed E-state index contributed by atoms with van der Waals surface area (Å²) in [6.07, 6.45) is 5.01. The predicted octanol–water partition coefficient (Wildman–Crippen LogP) is 4.39. The second-order valence-electron chi connectivity index (χ2n) is 7.06. The normalized spacial score (nSPS) is 11.3. The fourth-order valence-electron chi connectivity index (χ4n) is 3.40. The number of hydrogen-bond donors (Lipinski definition) is 1. The summed E-state index contributed by atoms with van der Waals surface area (Å²) in [4.78, 5) is 7.05. The highest BCUT2D eigenvalue weighted by atomic mass is 35.5. The predicted molar refractivity (Wildman–Crippen MR) is 114 cm³/mol.